The maximum atomic E-state index is 12.9. The molecule has 6 nitrogen and oxygen atoms in total. The second kappa shape index (κ2) is 12.0. The summed E-state index contributed by atoms with van der Waals surface area (Å²) in [4.78, 5) is 37.8. The molecule has 1 aromatic carbocycles. The van der Waals surface area contributed by atoms with Gasteiger partial charge in [-0.3, -0.25) is 14.4 Å². The molecule has 0 radical (unpaired) electrons. The summed E-state index contributed by atoms with van der Waals surface area (Å²) in [5.41, 5.74) is 1.72. The van der Waals surface area contributed by atoms with Crippen LogP contribution in [0.15, 0.2) is 18.2 Å². The van der Waals surface area contributed by atoms with E-state index in [4.69, 9.17) is 0 Å². The summed E-state index contributed by atoms with van der Waals surface area (Å²) in [7, 11) is 0. The molecule has 0 aromatic heterocycles. The maximum absolute atomic E-state index is 12.9. The molecule has 1 saturated carbocycles. The van der Waals surface area contributed by atoms with Crippen molar-refractivity contribution in [2.24, 2.45) is 29.6 Å². The van der Waals surface area contributed by atoms with Gasteiger partial charge in [-0.1, -0.05) is 41.5 Å². The lowest BCUT2D eigenvalue weighted by atomic mass is 9.76. The summed E-state index contributed by atoms with van der Waals surface area (Å²) in [5.74, 6) is 0.954. The molecule has 178 valence electrons. The van der Waals surface area contributed by atoms with E-state index in [1.807, 2.05) is 27.7 Å². The first kappa shape index (κ1) is 25.9. The third-order valence-corrected chi connectivity index (χ3v) is 6.94. The van der Waals surface area contributed by atoms with E-state index in [9.17, 15) is 14.4 Å². The van der Waals surface area contributed by atoms with E-state index in [0.717, 1.165) is 38.5 Å². The normalized spacial score (nSPS) is 20.3. The Morgan fingerprint density at radius 3 is 1.53 bits per heavy atom. The molecule has 0 bridgehead atoms. The molecule has 1 aromatic rings. The van der Waals surface area contributed by atoms with Crippen LogP contribution in [0.25, 0.3) is 0 Å². The van der Waals surface area contributed by atoms with Crippen LogP contribution in [0.3, 0.4) is 0 Å². The zero-order valence-electron chi connectivity index (χ0n) is 20.6. The van der Waals surface area contributed by atoms with E-state index in [1.165, 1.54) is 0 Å². The van der Waals surface area contributed by atoms with Crippen molar-refractivity contribution in [2.75, 3.05) is 16.0 Å². The van der Waals surface area contributed by atoms with Gasteiger partial charge >= 0.3 is 0 Å². The Morgan fingerprint density at radius 1 is 0.750 bits per heavy atom. The predicted octanol–water partition coefficient (Wildman–Crippen LogP) is 6.06. The molecule has 2 rings (SSSR count). The third kappa shape index (κ3) is 7.35. The summed E-state index contributed by atoms with van der Waals surface area (Å²) >= 11 is 0. The van der Waals surface area contributed by atoms with Gasteiger partial charge in [0.2, 0.25) is 17.7 Å². The standard InChI is InChI=1S/C26H41N3O3/c1-7-17(5)24(30)27-21-13-22(28-25(31)18(6)8-2)15-23(14-21)29-26(32)20-11-9-19(10-12-20)16(3)4/h13-20H,7-12H2,1-6H3,(H,27,30)(H,28,31)(H,29,32). The smallest absolute Gasteiger partial charge is 0.227 e. The second-order valence-corrected chi connectivity index (χ2v) is 9.74. The van der Waals surface area contributed by atoms with E-state index in [1.54, 1.807) is 18.2 Å². The number of carbonyl (C=O) groups excluding carboxylic acids is 3. The van der Waals surface area contributed by atoms with E-state index in [0.29, 0.717) is 28.9 Å². The zero-order chi connectivity index (χ0) is 23.8. The summed E-state index contributed by atoms with van der Waals surface area (Å²) in [6, 6.07) is 5.26. The average molecular weight is 444 g/mol. The number of hydrogen-bond donors (Lipinski definition) is 3. The number of anilines is 3. The van der Waals surface area contributed by atoms with Gasteiger partial charge in [-0.15, -0.1) is 0 Å². The van der Waals surface area contributed by atoms with Crippen LogP contribution in [-0.2, 0) is 14.4 Å². The Labute approximate surface area is 193 Å². The highest BCUT2D eigenvalue weighted by molar-refractivity contribution is 5.99. The summed E-state index contributed by atoms with van der Waals surface area (Å²) < 4.78 is 0. The molecule has 1 aliphatic carbocycles. The molecule has 0 heterocycles. The Morgan fingerprint density at radius 2 is 1.16 bits per heavy atom. The topological polar surface area (TPSA) is 87.3 Å². The quantitative estimate of drug-likeness (QED) is 0.434. The first-order chi connectivity index (χ1) is 15.1. The van der Waals surface area contributed by atoms with Gasteiger partial charge in [0.05, 0.1) is 0 Å². The molecule has 3 N–H and O–H groups in total. The van der Waals surface area contributed by atoms with Gasteiger partial charge in [0.15, 0.2) is 0 Å². The number of carbonyl (C=O) groups is 3. The SMILES string of the molecule is CCC(C)C(=O)Nc1cc(NC(=O)C(C)CC)cc(NC(=O)C2CCC(C(C)C)CC2)c1. The molecule has 1 aliphatic rings. The van der Waals surface area contributed by atoms with Crippen LogP contribution in [0, 0.1) is 29.6 Å². The van der Waals surface area contributed by atoms with Gasteiger partial charge in [-0.2, -0.15) is 0 Å². The van der Waals surface area contributed by atoms with Crippen LogP contribution in [0.1, 0.15) is 80.1 Å². The summed E-state index contributed by atoms with van der Waals surface area (Å²) in [5, 5.41) is 8.87. The predicted molar refractivity (Wildman–Crippen MR) is 132 cm³/mol. The van der Waals surface area contributed by atoms with Gasteiger partial charge in [-0.05, 0) is 68.6 Å². The molecule has 2 atom stereocenters. The molecule has 0 aliphatic heterocycles. The van der Waals surface area contributed by atoms with Crippen LogP contribution in [0.4, 0.5) is 17.1 Å². The average Bonchev–Trinajstić information content (AvgIpc) is 2.77. The molecular weight excluding hydrogens is 402 g/mol. The first-order valence-corrected chi connectivity index (χ1v) is 12.2. The number of rotatable bonds is 9. The van der Waals surface area contributed by atoms with Crippen molar-refractivity contribution >= 4 is 34.8 Å². The van der Waals surface area contributed by atoms with Crippen LogP contribution >= 0.6 is 0 Å². The minimum Gasteiger partial charge on any atom is -0.326 e. The highest BCUT2D eigenvalue weighted by Crippen LogP contribution is 2.34. The second-order valence-electron chi connectivity index (χ2n) is 9.74. The van der Waals surface area contributed by atoms with E-state index in [2.05, 4.69) is 29.8 Å². The Bertz CT molecular complexity index is 755. The van der Waals surface area contributed by atoms with E-state index in [-0.39, 0.29) is 35.5 Å². The Balaban J connectivity index is 2.17. The molecule has 0 saturated heterocycles. The van der Waals surface area contributed by atoms with Gasteiger partial charge in [0, 0.05) is 34.8 Å². The minimum atomic E-state index is -0.123. The Hall–Kier alpha value is -2.37. The lowest BCUT2D eigenvalue weighted by Crippen LogP contribution is -2.28. The minimum absolute atomic E-state index is 0.00140. The largest absolute Gasteiger partial charge is 0.326 e. The van der Waals surface area contributed by atoms with Crippen LogP contribution in [-0.4, -0.2) is 17.7 Å². The van der Waals surface area contributed by atoms with Crippen molar-refractivity contribution in [1.82, 2.24) is 0 Å². The van der Waals surface area contributed by atoms with Gasteiger partial charge in [0.1, 0.15) is 0 Å². The number of benzene rings is 1. The third-order valence-electron chi connectivity index (χ3n) is 6.94. The van der Waals surface area contributed by atoms with Crippen molar-refractivity contribution < 1.29 is 14.4 Å². The molecule has 32 heavy (non-hydrogen) atoms. The van der Waals surface area contributed by atoms with Gasteiger partial charge in [0.25, 0.3) is 0 Å². The molecule has 2 unspecified atom stereocenters. The van der Waals surface area contributed by atoms with E-state index < -0.39 is 0 Å². The summed E-state index contributed by atoms with van der Waals surface area (Å²) in [6.45, 7) is 12.2. The van der Waals surface area contributed by atoms with Gasteiger partial charge < -0.3 is 16.0 Å². The van der Waals surface area contributed by atoms with Crippen molar-refractivity contribution in [3.63, 3.8) is 0 Å². The lowest BCUT2D eigenvalue weighted by Gasteiger charge is -2.30. The fraction of sp³-hybridized carbons (Fsp3) is 0.654. The van der Waals surface area contributed by atoms with Crippen LogP contribution in [0.5, 0.6) is 0 Å². The number of nitrogens with one attached hydrogen (secondary N) is 3. The molecule has 3 amide bonds. The fourth-order valence-corrected chi connectivity index (χ4v) is 4.04. The number of amides is 3. The van der Waals surface area contributed by atoms with E-state index >= 15 is 0 Å². The van der Waals surface area contributed by atoms with Crippen molar-refractivity contribution in [1.29, 1.82) is 0 Å². The summed E-state index contributed by atoms with van der Waals surface area (Å²) in [6.07, 6.45) is 5.43. The lowest BCUT2D eigenvalue weighted by molar-refractivity contribution is -0.121. The van der Waals surface area contributed by atoms with Crippen molar-refractivity contribution in [3.05, 3.63) is 18.2 Å². The molecular formula is C26H41N3O3. The van der Waals surface area contributed by atoms with Gasteiger partial charge in [-0.25, -0.2) is 0 Å². The van der Waals surface area contributed by atoms with Crippen LogP contribution in [0.2, 0.25) is 0 Å². The molecule has 0 spiro atoms. The fourth-order valence-electron chi connectivity index (χ4n) is 4.04. The highest BCUT2D eigenvalue weighted by Gasteiger charge is 2.28. The first-order valence-electron chi connectivity index (χ1n) is 12.2. The highest BCUT2D eigenvalue weighted by atomic mass is 16.2. The zero-order valence-corrected chi connectivity index (χ0v) is 20.6. The van der Waals surface area contributed by atoms with Crippen molar-refractivity contribution in [3.8, 4) is 0 Å². The Kier molecular flexibility index (Phi) is 9.73. The molecule has 6 heteroatoms. The number of hydrogen-bond acceptors (Lipinski definition) is 3. The maximum Gasteiger partial charge on any atom is 0.227 e. The monoisotopic (exact) mass is 443 g/mol. The van der Waals surface area contributed by atoms with Crippen molar-refractivity contribution in [2.45, 2.75) is 80.1 Å². The van der Waals surface area contributed by atoms with Crippen LogP contribution < -0.4 is 16.0 Å². The molecule has 1 fully saturated rings.